The van der Waals surface area contributed by atoms with E-state index in [0.717, 1.165) is 19.3 Å². The molecular weight excluding hydrogens is 342 g/mol. The monoisotopic (exact) mass is 365 g/mol. The number of nitrogens with zero attached hydrogens (tertiary/aromatic N) is 2. The van der Waals surface area contributed by atoms with Crippen molar-refractivity contribution in [1.29, 1.82) is 0 Å². The molecule has 1 amide bonds. The van der Waals surface area contributed by atoms with Crippen LogP contribution in [-0.4, -0.2) is 58.4 Å². The molecule has 0 saturated carbocycles. The number of methoxy groups -OCH3 is 1. The molecule has 0 bridgehead atoms. The Kier molecular flexibility index (Phi) is 5.39. The van der Waals surface area contributed by atoms with Crippen LogP contribution in [0.1, 0.15) is 24.8 Å². The summed E-state index contributed by atoms with van der Waals surface area (Å²) in [4.78, 5) is 14.5. The van der Waals surface area contributed by atoms with Gasteiger partial charge in [-0.25, -0.2) is 0 Å². The number of carbonyl (C=O) groups is 1. The summed E-state index contributed by atoms with van der Waals surface area (Å²) in [5.41, 5.74) is 0.628. The molecular formula is C17H23N3O4S. The van der Waals surface area contributed by atoms with Crippen LogP contribution in [-0.2, 0) is 19.6 Å². The number of likely N-dealkylation sites (tertiary alicyclic amines) is 1. The molecule has 0 spiro atoms. The van der Waals surface area contributed by atoms with Gasteiger partial charge in [-0.1, -0.05) is 12.1 Å². The van der Waals surface area contributed by atoms with E-state index in [-0.39, 0.29) is 16.7 Å². The van der Waals surface area contributed by atoms with Gasteiger partial charge in [0.15, 0.2) is 5.84 Å². The fourth-order valence-electron chi connectivity index (χ4n) is 3.27. The summed E-state index contributed by atoms with van der Waals surface area (Å²) in [6, 6.07) is 6.85. The summed E-state index contributed by atoms with van der Waals surface area (Å²) in [5.74, 6) is 0.317. The van der Waals surface area contributed by atoms with E-state index in [2.05, 4.69) is 9.71 Å². The number of amides is 1. The second-order valence-electron chi connectivity index (χ2n) is 6.31. The third-order valence-electron chi connectivity index (χ3n) is 4.53. The Morgan fingerprint density at radius 1 is 1.40 bits per heavy atom. The van der Waals surface area contributed by atoms with Crippen LogP contribution < -0.4 is 5.32 Å². The first-order chi connectivity index (χ1) is 12.0. The largest absolute Gasteiger partial charge is 0.385 e. The Morgan fingerprint density at radius 2 is 2.20 bits per heavy atom. The van der Waals surface area contributed by atoms with Crippen molar-refractivity contribution in [1.82, 2.24) is 10.2 Å². The molecule has 1 aromatic rings. The van der Waals surface area contributed by atoms with E-state index in [1.165, 1.54) is 0 Å². The zero-order valence-corrected chi connectivity index (χ0v) is 15.1. The highest BCUT2D eigenvalue weighted by Gasteiger charge is 2.35. The van der Waals surface area contributed by atoms with Crippen molar-refractivity contribution in [3.8, 4) is 0 Å². The molecule has 2 aliphatic heterocycles. The molecule has 2 aliphatic rings. The lowest BCUT2D eigenvalue weighted by Crippen LogP contribution is -2.45. The highest BCUT2D eigenvalue weighted by Crippen LogP contribution is 2.29. The highest BCUT2D eigenvalue weighted by atomic mass is 32.2. The van der Waals surface area contributed by atoms with Crippen molar-refractivity contribution in [2.45, 2.75) is 24.2 Å². The molecule has 0 unspecified atom stereocenters. The number of benzene rings is 1. The van der Waals surface area contributed by atoms with Gasteiger partial charge < -0.3 is 15.0 Å². The summed E-state index contributed by atoms with van der Waals surface area (Å²) >= 11 is 0. The number of hydrogen-bond donors (Lipinski definition) is 1. The Bertz CT molecular complexity index is 776. The zero-order valence-electron chi connectivity index (χ0n) is 14.3. The lowest BCUT2D eigenvalue weighted by molar-refractivity contribution is -0.126. The predicted molar refractivity (Wildman–Crippen MR) is 94.0 cm³/mol. The zero-order chi connectivity index (χ0) is 17.9. The van der Waals surface area contributed by atoms with E-state index in [1.54, 1.807) is 31.4 Å². The topological polar surface area (TPSA) is 88.1 Å². The molecule has 7 nitrogen and oxygen atoms in total. The first-order valence-corrected chi connectivity index (χ1v) is 9.93. The maximum atomic E-state index is 12.4. The average molecular weight is 365 g/mol. The molecule has 136 valence electrons. The maximum absolute atomic E-state index is 12.4. The Labute approximate surface area is 148 Å². The average Bonchev–Trinajstić information content (AvgIpc) is 2.90. The molecule has 1 atom stereocenters. The minimum Gasteiger partial charge on any atom is -0.385 e. The number of fused-ring (bicyclic) bond motifs is 1. The molecule has 1 aromatic carbocycles. The Hall–Kier alpha value is -1.93. The normalized spacial score (nSPS) is 21.6. The predicted octanol–water partition coefficient (Wildman–Crippen LogP) is 1.00. The van der Waals surface area contributed by atoms with Gasteiger partial charge >= 0.3 is 0 Å². The number of carbonyl (C=O) groups excluding carboxylic acids is 1. The number of sulfonamides is 1. The smallest absolute Gasteiger partial charge is 0.285 e. The summed E-state index contributed by atoms with van der Waals surface area (Å²) in [6.07, 6.45) is 2.41. The number of nitrogens with one attached hydrogen (secondary N) is 1. The van der Waals surface area contributed by atoms with Gasteiger partial charge in [0.2, 0.25) is 5.91 Å². The highest BCUT2D eigenvalue weighted by molar-refractivity contribution is 7.90. The van der Waals surface area contributed by atoms with Crippen molar-refractivity contribution in [2.75, 3.05) is 33.4 Å². The van der Waals surface area contributed by atoms with E-state index in [9.17, 15) is 13.2 Å². The van der Waals surface area contributed by atoms with Crippen molar-refractivity contribution >= 4 is 21.8 Å². The Morgan fingerprint density at radius 3 is 3.00 bits per heavy atom. The summed E-state index contributed by atoms with van der Waals surface area (Å²) < 4.78 is 33.4. The minimum atomic E-state index is -3.63. The van der Waals surface area contributed by atoms with E-state index < -0.39 is 10.0 Å². The van der Waals surface area contributed by atoms with Gasteiger partial charge in [0.25, 0.3) is 10.0 Å². The fraction of sp³-hybridized carbons (Fsp3) is 0.529. The van der Waals surface area contributed by atoms with Gasteiger partial charge in [0.05, 0.1) is 5.92 Å². The maximum Gasteiger partial charge on any atom is 0.285 e. The number of hydrogen-bond acceptors (Lipinski definition) is 5. The minimum absolute atomic E-state index is 0.00976. The third-order valence-corrected chi connectivity index (χ3v) is 5.85. The SMILES string of the molecule is COCCCNC(=O)[C@H]1CCCN(C2=NS(=O)(=O)c3ccccc32)C1. The molecule has 8 heteroatoms. The van der Waals surface area contributed by atoms with Gasteiger partial charge in [0, 0.05) is 38.9 Å². The fourth-order valence-corrected chi connectivity index (χ4v) is 4.50. The van der Waals surface area contributed by atoms with E-state index in [4.69, 9.17) is 4.74 Å². The van der Waals surface area contributed by atoms with Gasteiger partial charge in [-0.15, -0.1) is 4.40 Å². The van der Waals surface area contributed by atoms with E-state index in [0.29, 0.717) is 37.6 Å². The third kappa shape index (κ3) is 3.85. The van der Waals surface area contributed by atoms with Gasteiger partial charge in [-0.3, -0.25) is 4.79 Å². The lowest BCUT2D eigenvalue weighted by atomic mass is 9.96. The molecule has 0 aliphatic carbocycles. The number of ether oxygens (including phenoxy) is 1. The summed E-state index contributed by atoms with van der Waals surface area (Å²) in [6.45, 7) is 2.39. The number of rotatable bonds is 5. The van der Waals surface area contributed by atoms with Gasteiger partial charge in [0.1, 0.15) is 4.90 Å². The quantitative estimate of drug-likeness (QED) is 0.787. The Balaban J connectivity index is 1.69. The van der Waals surface area contributed by atoms with E-state index >= 15 is 0 Å². The molecule has 3 rings (SSSR count). The molecule has 2 heterocycles. The second kappa shape index (κ2) is 7.53. The van der Waals surface area contributed by atoms with Crippen molar-refractivity contribution in [3.63, 3.8) is 0 Å². The lowest BCUT2D eigenvalue weighted by Gasteiger charge is -2.33. The van der Waals surface area contributed by atoms with Crippen LogP contribution >= 0.6 is 0 Å². The molecule has 0 radical (unpaired) electrons. The van der Waals surface area contributed by atoms with Crippen LogP contribution in [0.15, 0.2) is 33.6 Å². The van der Waals surface area contributed by atoms with Crippen LogP contribution in [0.5, 0.6) is 0 Å². The molecule has 1 fully saturated rings. The van der Waals surface area contributed by atoms with Crippen LogP contribution in [0.25, 0.3) is 0 Å². The first kappa shape index (κ1) is 17.9. The molecule has 1 N–H and O–H groups in total. The van der Waals surface area contributed by atoms with Crippen molar-refractivity contribution in [3.05, 3.63) is 29.8 Å². The van der Waals surface area contributed by atoms with Crippen molar-refractivity contribution < 1.29 is 17.9 Å². The van der Waals surface area contributed by atoms with Gasteiger partial charge in [-0.2, -0.15) is 8.42 Å². The number of piperidine rings is 1. The van der Waals surface area contributed by atoms with Crippen LogP contribution in [0.2, 0.25) is 0 Å². The first-order valence-electron chi connectivity index (χ1n) is 8.49. The van der Waals surface area contributed by atoms with E-state index in [1.807, 2.05) is 4.90 Å². The summed E-state index contributed by atoms with van der Waals surface area (Å²) in [7, 11) is -2.00. The van der Waals surface area contributed by atoms with Crippen LogP contribution in [0, 0.1) is 5.92 Å². The molecule has 1 saturated heterocycles. The van der Waals surface area contributed by atoms with Crippen LogP contribution in [0.4, 0.5) is 0 Å². The number of amidine groups is 1. The second-order valence-corrected chi connectivity index (χ2v) is 7.88. The van der Waals surface area contributed by atoms with Crippen molar-refractivity contribution in [2.24, 2.45) is 10.3 Å². The standard InChI is InChI=1S/C17H23N3O4S/c1-24-11-5-9-18-17(21)13-6-4-10-20(12-13)16-14-7-2-3-8-15(14)25(22,23)19-16/h2-3,7-8,13H,4-6,9-12H2,1H3,(H,18,21)/t13-/m0/s1. The van der Waals surface area contributed by atoms with Crippen LogP contribution in [0.3, 0.4) is 0 Å². The summed E-state index contributed by atoms with van der Waals surface area (Å²) in [5, 5.41) is 2.93. The molecule has 25 heavy (non-hydrogen) atoms. The molecule has 0 aromatic heterocycles. The van der Waals surface area contributed by atoms with Gasteiger partial charge in [-0.05, 0) is 31.4 Å².